The van der Waals surface area contributed by atoms with Crippen molar-refractivity contribution in [2.45, 2.75) is 13.5 Å². The van der Waals surface area contributed by atoms with Crippen LogP contribution in [-0.4, -0.2) is 5.97 Å². The third-order valence-electron chi connectivity index (χ3n) is 2.87. The standard InChI is InChI=1S/C15H12F3NO2/c1-8-4-11(19)6-12(14(8)18)15(20)21-7-9-2-3-10(16)5-13(9)17/h2-6H,7,19H2,1H3. The summed E-state index contributed by atoms with van der Waals surface area (Å²) in [5.74, 6) is -3.28. The van der Waals surface area contributed by atoms with Crippen LogP contribution in [0.2, 0.25) is 0 Å². The summed E-state index contributed by atoms with van der Waals surface area (Å²) in [6.45, 7) is 1.03. The van der Waals surface area contributed by atoms with Crippen molar-refractivity contribution in [2.24, 2.45) is 0 Å². The van der Waals surface area contributed by atoms with Crippen LogP contribution < -0.4 is 5.73 Å². The number of hydrogen-bond donors (Lipinski definition) is 1. The molecular weight excluding hydrogens is 283 g/mol. The van der Waals surface area contributed by atoms with E-state index in [-0.39, 0.29) is 22.4 Å². The van der Waals surface area contributed by atoms with Gasteiger partial charge in [-0.05, 0) is 36.8 Å². The number of carbonyl (C=O) groups is 1. The average Bonchev–Trinajstić information content (AvgIpc) is 2.41. The first-order valence-electron chi connectivity index (χ1n) is 6.05. The average molecular weight is 295 g/mol. The molecule has 0 aromatic heterocycles. The van der Waals surface area contributed by atoms with E-state index in [1.165, 1.54) is 13.0 Å². The summed E-state index contributed by atoms with van der Waals surface area (Å²) in [5.41, 5.74) is 5.63. The van der Waals surface area contributed by atoms with E-state index in [1.54, 1.807) is 0 Å². The molecule has 0 spiro atoms. The van der Waals surface area contributed by atoms with Crippen LogP contribution in [0.5, 0.6) is 0 Å². The molecule has 21 heavy (non-hydrogen) atoms. The molecule has 0 fully saturated rings. The fraction of sp³-hybridized carbons (Fsp3) is 0.133. The van der Waals surface area contributed by atoms with Crippen molar-refractivity contribution in [3.05, 3.63) is 64.5 Å². The van der Waals surface area contributed by atoms with E-state index in [0.717, 1.165) is 18.2 Å². The number of rotatable bonds is 3. The zero-order valence-electron chi connectivity index (χ0n) is 11.1. The van der Waals surface area contributed by atoms with E-state index in [9.17, 15) is 18.0 Å². The first-order valence-corrected chi connectivity index (χ1v) is 6.05. The lowest BCUT2D eigenvalue weighted by molar-refractivity contribution is 0.0463. The smallest absolute Gasteiger partial charge is 0.341 e. The molecule has 2 aromatic rings. The maximum Gasteiger partial charge on any atom is 0.341 e. The van der Waals surface area contributed by atoms with E-state index in [4.69, 9.17) is 10.5 Å². The Morgan fingerprint density at radius 2 is 1.90 bits per heavy atom. The number of carbonyl (C=O) groups excluding carboxylic acids is 1. The van der Waals surface area contributed by atoms with Crippen LogP contribution >= 0.6 is 0 Å². The second-order valence-corrected chi connectivity index (χ2v) is 4.51. The normalized spacial score (nSPS) is 10.5. The van der Waals surface area contributed by atoms with Crippen LogP contribution in [0, 0.1) is 24.4 Å². The fourth-order valence-electron chi connectivity index (χ4n) is 1.81. The van der Waals surface area contributed by atoms with Crippen molar-refractivity contribution in [1.82, 2.24) is 0 Å². The number of nitrogens with two attached hydrogens (primary N) is 1. The summed E-state index contributed by atoms with van der Waals surface area (Å²) in [4.78, 5) is 11.8. The molecule has 110 valence electrons. The van der Waals surface area contributed by atoms with Gasteiger partial charge in [0.15, 0.2) is 0 Å². The summed E-state index contributed by atoms with van der Waals surface area (Å²) in [7, 11) is 0. The predicted octanol–water partition coefficient (Wildman–Crippen LogP) is 3.35. The first-order chi connectivity index (χ1) is 9.88. The molecule has 6 heteroatoms. The van der Waals surface area contributed by atoms with Crippen LogP contribution in [-0.2, 0) is 11.3 Å². The summed E-state index contributed by atoms with van der Waals surface area (Å²) < 4.78 is 44.8. The van der Waals surface area contributed by atoms with Gasteiger partial charge in [0.05, 0.1) is 5.56 Å². The van der Waals surface area contributed by atoms with Gasteiger partial charge in [0.2, 0.25) is 0 Å². The van der Waals surface area contributed by atoms with Crippen LogP contribution in [0.4, 0.5) is 18.9 Å². The highest BCUT2D eigenvalue weighted by molar-refractivity contribution is 5.91. The molecule has 0 amide bonds. The quantitative estimate of drug-likeness (QED) is 0.698. The number of aryl methyl sites for hydroxylation is 1. The van der Waals surface area contributed by atoms with Gasteiger partial charge in [-0.3, -0.25) is 0 Å². The monoisotopic (exact) mass is 295 g/mol. The van der Waals surface area contributed by atoms with Crippen molar-refractivity contribution in [2.75, 3.05) is 5.73 Å². The van der Waals surface area contributed by atoms with Gasteiger partial charge >= 0.3 is 5.97 Å². The number of hydrogen-bond acceptors (Lipinski definition) is 3. The Bertz CT molecular complexity index is 702. The van der Waals surface area contributed by atoms with E-state index in [1.807, 2.05) is 0 Å². The maximum atomic E-state index is 13.8. The highest BCUT2D eigenvalue weighted by Gasteiger charge is 2.17. The largest absolute Gasteiger partial charge is 0.457 e. The van der Waals surface area contributed by atoms with E-state index >= 15 is 0 Å². The number of nitrogen functional groups attached to an aromatic ring is 1. The topological polar surface area (TPSA) is 52.3 Å². The number of benzene rings is 2. The van der Waals surface area contributed by atoms with Gasteiger partial charge in [-0.15, -0.1) is 0 Å². The van der Waals surface area contributed by atoms with Crippen molar-refractivity contribution >= 4 is 11.7 Å². The van der Waals surface area contributed by atoms with Gasteiger partial charge < -0.3 is 10.5 Å². The van der Waals surface area contributed by atoms with E-state index in [0.29, 0.717) is 6.07 Å². The van der Waals surface area contributed by atoms with Gasteiger partial charge in [-0.2, -0.15) is 0 Å². The SMILES string of the molecule is Cc1cc(N)cc(C(=O)OCc2ccc(F)cc2F)c1F. The molecular formula is C15H12F3NO2. The van der Waals surface area contributed by atoms with Crippen molar-refractivity contribution in [3.8, 4) is 0 Å². The molecule has 0 atom stereocenters. The lowest BCUT2D eigenvalue weighted by Gasteiger charge is -2.09. The van der Waals surface area contributed by atoms with Crippen LogP contribution in [0.15, 0.2) is 30.3 Å². The molecule has 0 saturated carbocycles. The summed E-state index contributed by atoms with van der Waals surface area (Å²) in [6.07, 6.45) is 0. The van der Waals surface area contributed by atoms with Crippen LogP contribution in [0.1, 0.15) is 21.5 Å². The molecule has 2 rings (SSSR count). The lowest BCUT2D eigenvalue weighted by atomic mass is 10.1. The minimum atomic E-state index is -0.966. The summed E-state index contributed by atoms with van der Waals surface area (Å²) in [5, 5.41) is 0. The van der Waals surface area contributed by atoms with Gasteiger partial charge in [0, 0.05) is 17.3 Å². The third-order valence-corrected chi connectivity index (χ3v) is 2.87. The number of ether oxygens (including phenoxy) is 1. The van der Waals surface area contributed by atoms with Crippen molar-refractivity contribution < 1.29 is 22.7 Å². The number of halogens is 3. The molecule has 0 aliphatic carbocycles. The highest BCUT2D eigenvalue weighted by atomic mass is 19.1. The number of anilines is 1. The molecule has 0 radical (unpaired) electrons. The lowest BCUT2D eigenvalue weighted by Crippen LogP contribution is -2.10. The molecule has 0 saturated heterocycles. The molecule has 0 bridgehead atoms. The van der Waals surface area contributed by atoms with Gasteiger partial charge in [0.1, 0.15) is 24.1 Å². The first kappa shape index (κ1) is 14.9. The summed E-state index contributed by atoms with van der Waals surface area (Å²) in [6, 6.07) is 5.39. The second-order valence-electron chi connectivity index (χ2n) is 4.51. The Hall–Kier alpha value is -2.50. The molecule has 2 N–H and O–H groups in total. The predicted molar refractivity (Wildman–Crippen MR) is 71.0 cm³/mol. The van der Waals surface area contributed by atoms with Gasteiger partial charge in [-0.25, -0.2) is 18.0 Å². The Morgan fingerprint density at radius 1 is 1.19 bits per heavy atom. The van der Waals surface area contributed by atoms with Crippen molar-refractivity contribution in [1.29, 1.82) is 0 Å². The second kappa shape index (κ2) is 5.87. The van der Waals surface area contributed by atoms with Crippen LogP contribution in [0.3, 0.4) is 0 Å². The van der Waals surface area contributed by atoms with Gasteiger partial charge in [0.25, 0.3) is 0 Å². The highest BCUT2D eigenvalue weighted by Crippen LogP contribution is 2.19. The number of esters is 1. The molecule has 0 unspecified atom stereocenters. The summed E-state index contributed by atoms with van der Waals surface area (Å²) >= 11 is 0. The molecule has 3 nitrogen and oxygen atoms in total. The Kier molecular flexibility index (Phi) is 4.16. The Labute approximate surface area is 119 Å². The maximum absolute atomic E-state index is 13.8. The molecule has 2 aromatic carbocycles. The minimum Gasteiger partial charge on any atom is -0.457 e. The fourth-order valence-corrected chi connectivity index (χ4v) is 1.81. The molecule has 0 aliphatic rings. The van der Waals surface area contributed by atoms with Crippen LogP contribution in [0.25, 0.3) is 0 Å². The zero-order valence-corrected chi connectivity index (χ0v) is 11.1. The van der Waals surface area contributed by atoms with Crippen molar-refractivity contribution in [3.63, 3.8) is 0 Å². The third kappa shape index (κ3) is 3.34. The molecule has 0 aliphatic heterocycles. The Morgan fingerprint density at radius 3 is 2.57 bits per heavy atom. The van der Waals surface area contributed by atoms with E-state index in [2.05, 4.69) is 0 Å². The van der Waals surface area contributed by atoms with E-state index < -0.39 is 30.0 Å². The minimum absolute atomic E-state index is 0.00853. The van der Waals surface area contributed by atoms with Gasteiger partial charge in [-0.1, -0.05) is 0 Å². The Balaban J connectivity index is 2.15. The zero-order chi connectivity index (χ0) is 15.6. The molecule has 0 heterocycles.